The largest absolute Gasteiger partial charge is 0.343 e. The summed E-state index contributed by atoms with van der Waals surface area (Å²) in [5, 5.41) is 0. The summed E-state index contributed by atoms with van der Waals surface area (Å²) in [6, 6.07) is 26.8. The molecular weight excluding hydrogens is 432 g/mol. The number of hydrogen-bond acceptors (Lipinski definition) is 2. The van der Waals surface area contributed by atoms with Crippen molar-refractivity contribution >= 4 is 17.5 Å². The lowest BCUT2D eigenvalue weighted by atomic mass is 9.68. The Morgan fingerprint density at radius 3 is 2.14 bits per heavy atom. The van der Waals surface area contributed by atoms with Crippen LogP contribution >= 0.6 is 0 Å². The zero-order chi connectivity index (χ0) is 24.8. The minimum Gasteiger partial charge on any atom is -0.343 e. The van der Waals surface area contributed by atoms with Gasteiger partial charge >= 0.3 is 0 Å². The van der Waals surface area contributed by atoms with Crippen molar-refractivity contribution < 1.29 is 9.59 Å². The minimum absolute atomic E-state index is 0.0975. The van der Waals surface area contributed by atoms with Crippen molar-refractivity contribution in [3.05, 3.63) is 90.0 Å². The number of hydrogen-bond donors (Lipinski definition) is 0. The molecule has 4 rings (SSSR count). The first kappa shape index (κ1) is 24.7. The number of anilines is 1. The maximum Gasteiger partial charge on any atom is 0.241 e. The second-order valence-corrected chi connectivity index (χ2v) is 9.32. The quantitative estimate of drug-likeness (QED) is 0.339. The summed E-state index contributed by atoms with van der Waals surface area (Å²) >= 11 is 0. The van der Waals surface area contributed by atoms with E-state index < -0.39 is 5.41 Å². The van der Waals surface area contributed by atoms with E-state index >= 15 is 0 Å². The van der Waals surface area contributed by atoms with Crippen LogP contribution in [0.5, 0.6) is 0 Å². The van der Waals surface area contributed by atoms with Crippen LogP contribution in [0.2, 0.25) is 0 Å². The van der Waals surface area contributed by atoms with E-state index in [0.717, 1.165) is 60.3 Å². The number of rotatable bonds is 9. The highest BCUT2D eigenvalue weighted by Crippen LogP contribution is 2.48. The number of amides is 2. The Morgan fingerprint density at radius 1 is 0.800 bits per heavy atom. The standard InChI is InChI=1S/C31H36N2O2/c1-4-33(5-2)29(34)22-10-7-15-23-31(24-16-8-6-9-17-24)27-20-13-11-18-25(27)26-19-12-14-21-28(26)32(3)30(31)35/h6,8-9,11-14,16-21H,4-5,7,10,15,22-23H2,1-3H3/t31-/m0/s1. The van der Waals surface area contributed by atoms with Crippen LogP contribution in [-0.4, -0.2) is 36.9 Å². The van der Waals surface area contributed by atoms with E-state index in [-0.39, 0.29) is 11.8 Å². The molecule has 0 fully saturated rings. The fraction of sp³-hybridized carbons (Fsp3) is 0.355. The van der Waals surface area contributed by atoms with Crippen LogP contribution in [-0.2, 0) is 15.0 Å². The van der Waals surface area contributed by atoms with Gasteiger partial charge in [-0.2, -0.15) is 0 Å². The first-order valence-corrected chi connectivity index (χ1v) is 12.8. The topological polar surface area (TPSA) is 40.6 Å². The third kappa shape index (κ3) is 4.62. The number of unbranched alkanes of at least 4 members (excludes halogenated alkanes) is 2. The minimum atomic E-state index is -0.783. The molecule has 0 radical (unpaired) electrons. The monoisotopic (exact) mass is 468 g/mol. The van der Waals surface area contributed by atoms with E-state index in [1.165, 1.54) is 0 Å². The summed E-state index contributed by atoms with van der Waals surface area (Å²) < 4.78 is 0. The molecular formula is C31H36N2O2. The zero-order valence-corrected chi connectivity index (χ0v) is 21.2. The van der Waals surface area contributed by atoms with E-state index in [2.05, 4.69) is 36.4 Å². The van der Waals surface area contributed by atoms with Crippen LogP contribution in [0.3, 0.4) is 0 Å². The third-order valence-corrected chi connectivity index (χ3v) is 7.44. The summed E-state index contributed by atoms with van der Waals surface area (Å²) in [6.07, 6.45) is 3.88. The van der Waals surface area contributed by atoms with E-state index in [4.69, 9.17) is 0 Å². The maximum atomic E-state index is 14.4. The Morgan fingerprint density at radius 2 is 1.43 bits per heavy atom. The number of carbonyl (C=O) groups excluding carboxylic acids is 2. The molecule has 1 aliphatic rings. The normalized spacial score (nSPS) is 16.9. The Hall–Kier alpha value is -3.40. The van der Waals surface area contributed by atoms with Crippen LogP contribution in [0.25, 0.3) is 11.1 Å². The molecule has 182 valence electrons. The van der Waals surface area contributed by atoms with E-state index in [0.29, 0.717) is 12.8 Å². The Balaban J connectivity index is 1.70. The van der Waals surface area contributed by atoms with Gasteiger partial charge in [-0.25, -0.2) is 0 Å². The summed E-state index contributed by atoms with van der Waals surface area (Å²) in [5.41, 5.74) is 4.44. The number of benzene rings is 3. The Labute approximate surface area is 209 Å². The average molecular weight is 469 g/mol. The van der Waals surface area contributed by atoms with Gasteiger partial charge in [-0.3, -0.25) is 9.59 Å². The molecule has 2 amide bonds. The van der Waals surface area contributed by atoms with Crippen molar-refractivity contribution in [2.24, 2.45) is 0 Å². The predicted octanol–water partition coefficient (Wildman–Crippen LogP) is 6.44. The molecule has 4 heteroatoms. The van der Waals surface area contributed by atoms with Gasteiger partial charge in [0.2, 0.25) is 11.8 Å². The van der Waals surface area contributed by atoms with Crippen molar-refractivity contribution in [2.75, 3.05) is 25.0 Å². The van der Waals surface area contributed by atoms with Crippen LogP contribution in [0.15, 0.2) is 78.9 Å². The molecule has 0 aromatic heterocycles. The number of fused-ring (bicyclic) bond motifs is 3. The van der Waals surface area contributed by atoms with Crippen molar-refractivity contribution in [1.29, 1.82) is 0 Å². The van der Waals surface area contributed by atoms with Crippen molar-refractivity contribution in [3.63, 3.8) is 0 Å². The smallest absolute Gasteiger partial charge is 0.241 e. The van der Waals surface area contributed by atoms with Crippen molar-refractivity contribution in [2.45, 2.75) is 51.4 Å². The highest BCUT2D eigenvalue weighted by Gasteiger charge is 2.47. The molecule has 4 nitrogen and oxygen atoms in total. The molecule has 0 spiro atoms. The van der Waals surface area contributed by atoms with Gasteiger partial charge in [-0.1, -0.05) is 85.6 Å². The predicted molar refractivity (Wildman–Crippen MR) is 144 cm³/mol. The number of para-hydroxylation sites is 1. The van der Waals surface area contributed by atoms with Crippen LogP contribution in [0.1, 0.15) is 57.1 Å². The lowest BCUT2D eigenvalue weighted by molar-refractivity contribution is -0.131. The number of nitrogens with zero attached hydrogens (tertiary/aromatic N) is 2. The second kappa shape index (κ2) is 10.9. The van der Waals surface area contributed by atoms with Gasteiger partial charge in [0.1, 0.15) is 5.41 Å². The van der Waals surface area contributed by atoms with Crippen LogP contribution in [0.4, 0.5) is 5.69 Å². The van der Waals surface area contributed by atoms with Gasteiger partial charge < -0.3 is 9.80 Å². The SMILES string of the molecule is CCN(CC)C(=O)CCCCC[C@@]1(c2ccccc2)C(=O)N(C)c2ccccc2-c2ccccc21. The molecule has 0 aliphatic carbocycles. The molecule has 1 atom stereocenters. The molecule has 3 aromatic rings. The summed E-state index contributed by atoms with van der Waals surface area (Å²) in [4.78, 5) is 30.6. The van der Waals surface area contributed by atoms with Crippen molar-refractivity contribution in [3.8, 4) is 11.1 Å². The fourth-order valence-corrected chi connectivity index (χ4v) is 5.56. The lowest BCUT2D eigenvalue weighted by Gasteiger charge is -2.36. The van der Waals surface area contributed by atoms with Gasteiger partial charge in [0.15, 0.2) is 0 Å². The number of likely N-dealkylation sites (N-methyl/N-ethyl adjacent to an activating group) is 1. The highest BCUT2D eigenvalue weighted by molar-refractivity contribution is 6.09. The second-order valence-electron chi connectivity index (χ2n) is 9.32. The van der Waals surface area contributed by atoms with Gasteiger partial charge in [0.25, 0.3) is 0 Å². The molecule has 0 saturated heterocycles. The van der Waals surface area contributed by atoms with Crippen LogP contribution in [0, 0.1) is 0 Å². The summed E-state index contributed by atoms with van der Waals surface area (Å²) in [6.45, 7) is 5.55. The summed E-state index contributed by atoms with van der Waals surface area (Å²) in [5.74, 6) is 0.319. The molecule has 1 heterocycles. The maximum absolute atomic E-state index is 14.4. The summed E-state index contributed by atoms with van der Waals surface area (Å²) in [7, 11) is 1.90. The molecule has 0 bridgehead atoms. The molecule has 0 N–H and O–H groups in total. The lowest BCUT2D eigenvalue weighted by Crippen LogP contribution is -2.45. The highest BCUT2D eigenvalue weighted by atomic mass is 16.2. The third-order valence-electron chi connectivity index (χ3n) is 7.44. The fourth-order valence-electron chi connectivity index (χ4n) is 5.56. The van der Waals surface area contributed by atoms with Crippen molar-refractivity contribution in [1.82, 2.24) is 4.90 Å². The van der Waals surface area contributed by atoms with E-state index in [1.54, 1.807) is 0 Å². The Kier molecular flexibility index (Phi) is 7.70. The molecule has 0 saturated carbocycles. The average Bonchev–Trinajstić information content (AvgIpc) is 2.98. The molecule has 35 heavy (non-hydrogen) atoms. The first-order valence-electron chi connectivity index (χ1n) is 12.8. The Bertz CT molecular complexity index is 1170. The molecule has 3 aromatic carbocycles. The van der Waals surface area contributed by atoms with Gasteiger partial charge in [0.05, 0.1) is 5.69 Å². The zero-order valence-electron chi connectivity index (χ0n) is 21.2. The van der Waals surface area contributed by atoms with E-state index in [9.17, 15) is 9.59 Å². The molecule has 0 unspecified atom stereocenters. The van der Waals surface area contributed by atoms with Crippen LogP contribution < -0.4 is 4.90 Å². The van der Waals surface area contributed by atoms with Gasteiger partial charge in [-0.05, 0) is 49.4 Å². The number of carbonyl (C=O) groups is 2. The van der Waals surface area contributed by atoms with Gasteiger partial charge in [-0.15, -0.1) is 0 Å². The van der Waals surface area contributed by atoms with E-state index in [1.807, 2.05) is 73.2 Å². The first-order chi connectivity index (χ1) is 17.0. The van der Waals surface area contributed by atoms with Gasteiger partial charge in [0, 0.05) is 32.1 Å². The molecule has 1 aliphatic heterocycles.